The van der Waals surface area contributed by atoms with Crippen LogP contribution in [0, 0.1) is 5.41 Å². The van der Waals surface area contributed by atoms with Crippen LogP contribution in [0.25, 0.3) is 11.5 Å². The molecule has 0 bridgehead atoms. The highest BCUT2D eigenvalue weighted by Gasteiger charge is 2.45. The molecule has 7 nitrogen and oxygen atoms in total. The van der Waals surface area contributed by atoms with Crippen molar-refractivity contribution in [2.24, 2.45) is 5.41 Å². The summed E-state index contributed by atoms with van der Waals surface area (Å²) in [6, 6.07) is 7.26. The van der Waals surface area contributed by atoms with Crippen molar-refractivity contribution in [2.75, 3.05) is 25.5 Å². The number of nitrogens with zero attached hydrogens (tertiary/aromatic N) is 3. The molecule has 1 amide bonds. The van der Waals surface area contributed by atoms with Crippen LogP contribution >= 0.6 is 0 Å². The second kappa shape index (κ2) is 6.63. The van der Waals surface area contributed by atoms with Crippen molar-refractivity contribution in [1.29, 1.82) is 0 Å². The number of benzene rings is 1. The van der Waals surface area contributed by atoms with Gasteiger partial charge in [0.05, 0.1) is 7.11 Å². The van der Waals surface area contributed by atoms with E-state index in [0.717, 1.165) is 37.2 Å². The van der Waals surface area contributed by atoms with E-state index in [0.29, 0.717) is 11.3 Å². The Morgan fingerprint density at radius 1 is 1.27 bits per heavy atom. The molecular formula is C19H24N4O3. The summed E-state index contributed by atoms with van der Waals surface area (Å²) in [4.78, 5) is 14.6. The van der Waals surface area contributed by atoms with Gasteiger partial charge in [-0.15, -0.1) is 5.10 Å². The van der Waals surface area contributed by atoms with Crippen LogP contribution in [0.15, 0.2) is 28.7 Å². The van der Waals surface area contributed by atoms with Crippen LogP contribution in [-0.4, -0.2) is 47.2 Å². The third kappa shape index (κ3) is 3.38. The molecule has 26 heavy (non-hydrogen) atoms. The zero-order chi connectivity index (χ0) is 18.1. The summed E-state index contributed by atoms with van der Waals surface area (Å²) in [5.41, 5.74) is 1.33. The average Bonchev–Trinajstić information content (AvgIpc) is 3.26. The number of amides is 1. The van der Waals surface area contributed by atoms with E-state index in [9.17, 15) is 4.79 Å². The number of hydrogen-bond donors (Lipinski definition) is 1. The highest BCUT2D eigenvalue weighted by atomic mass is 16.5. The summed E-state index contributed by atoms with van der Waals surface area (Å²) in [5, 5.41) is 11.1. The van der Waals surface area contributed by atoms with E-state index in [2.05, 4.69) is 15.5 Å². The molecule has 4 rings (SSSR count). The van der Waals surface area contributed by atoms with Crippen LogP contribution in [0.4, 0.5) is 6.01 Å². The maximum atomic E-state index is 12.7. The van der Waals surface area contributed by atoms with Crippen LogP contribution < -0.4 is 10.1 Å². The summed E-state index contributed by atoms with van der Waals surface area (Å²) in [6.45, 7) is 3.53. The number of ether oxygens (including phenoxy) is 1. The quantitative estimate of drug-likeness (QED) is 0.887. The molecule has 2 aliphatic rings. The van der Waals surface area contributed by atoms with Crippen molar-refractivity contribution in [2.45, 2.75) is 38.6 Å². The lowest BCUT2D eigenvalue weighted by atomic mass is 9.93. The lowest BCUT2D eigenvalue weighted by Gasteiger charge is -2.33. The zero-order valence-electron chi connectivity index (χ0n) is 15.2. The van der Waals surface area contributed by atoms with E-state index >= 15 is 0 Å². The molecule has 1 N–H and O–H groups in total. The maximum Gasteiger partial charge on any atom is 0.316 e. The number of piperidine rings is 1. The van der Waals surface area contributed by atoms with E-state index in [1.54, 1.807) is 7.11 Å². The molecule has 2 heterocycles. The Kier molecular flexibility index (Phi) is 4.30. The number of aromatic nitrogens is 2. The molecule has 2 fully saturated rings. The Labute approximate surface area is 152 Å². The van der Waals surface area contributed by atoms with Crippen LogP contribution in [-0.2, 0) is 4.79 Å². The number of carbonyl (C=O) groups excluding carboxylic acids is 1. The predicted octanol–water partition coefficient (Wildman–Crippen LogP) is 2.95. The first kappa shape index (κ1) is 16.9. The molecule has 1 spiro atoms. The summed E-state index contributed by atoms with van der Waals surface area (Å²) in [7, 11) is 1.61. The fraction of sp³-hybridized carbons (Fsp3) is 0.526. The van der Waals surface area contributed by atoms with Crippen LogP contribution in [0.5, 0.6) is 5.75 Å². The monoisotopic (exact) mass is 356 g/mol. The van der Waals surface area contributed by atoms with E-state index in [4.69, 9.17) is 9.15 Å². The van der Waals surface area contributed by atoms with E-state index in [1.165, 1.54) is 12.8 Å². The summed E-state index contributed by atoms with van der Waals surface area (Å²) in [6.07, 6.45) is 4.92. The first-order valence-corrected chi connectivity index (χ1v) is 9.12. The fourth-order valence-electron chi connectivity index (χ4n) is 3.55. The highest BCUT2D eigenvalue weighted by molar-refractivity contribution is 5.83. The molecule has 1 aromatic heterocycles. The van der Waals surface area contributed by atoms with E-state index in [1.807, 2.05) is 36.1 Å². The van der Waals surface area contributed by atoms with Crippen LogP contribution in [0.3, 0.4) is 0 Å². The number of hydrogen-bond acceptors (Lipinski definition) is 6. The molecule has 0 radical (unpaired) electrons. The molecular weight excluding hydrogens is 332 g/mol. The van der Waals surface area contributed by atoms with Gasteiger partial charge in [0.1, 0.15) is 11.8 Å². The second-order valence-electron chi connectivity index (χ2n) is 7.34. The first-order valence-electron chi connectivity index (χ1n) is 9.12. The van der Waals surface area contributed by atoms with E-state index in [-0.39, 0.29) is 11.9 Å². The van der Waals surface area contributed by atoms with Crippen molar-refractivity contribution in [3.05, 3.63) is 24.3 Å². The van der Waals surface area contributed by atoms with Gasteiger partial charge in [-0.1, -0.05) is 11.2 Å². The number of rotatable bonds is 5. The minimum atomic E-state index is -0.401. The van der Waals surface area contributed by atoms with Gasteiger partial charge in [0.25, 0.3) is 0 Å². The largest absolute Gasteiger partial charge is 0.497 e. The molecule has 1 aliphatic heterocycles. The normalized spacial score (nSPS) is 19.2. The molecule has 1 aromatic carbocycles. The molecule has 138 valence electrons. The number of anilines is 1. The Balaban J connectivity index is 1.37. The average molecular weight is 356 g/mol. The summed E-state index contributed by atoms with van der Waals surface area (Å²) >= 11 is 0. The third-order valence-electron chi connectivity index (χ3n) is 5.54. The fourth-order valence-corrected chi connectivity index (χ4v) is 3.55. The standard InChI is InChI=1S/C19H24N4O3/c1-13(17(24)23-10-8-19(6-7-19)9-11-23)20-18-22-21-16(26-18)14-4-3-5-15(12-14)25-2/h3-5,12-13H,6-11H2,1-2H3,(H,20,22)/t13-/m1/s1. The second-order valence-corrected chi connectivity index (χ2v) is 7.34. The third-order valence-corrected chi connectivity index (χ3v) is 5.54. The van der Waals surface area contributed by atoms with Crippen molar-refractivity contribution in [3.8, 4) is 17.2 Å². The molecule has 7 heteroatoms. The minimum absolute atomic E-state index is 0.0848. The van der Waals surface area contributed by atoms with E-state index < -0.39 is 6.04 Å². The lowest BCUT2D eigenvalue weighted by molar-refractivity contribution is -0.133. The molecule has 1 saturated heterocycles. The summed E-state index contributed by atoms with van der Waals surface area (Å²) in [5.74, 6) is 1.19. The number of nitrogens with one attached hydrogen (secondary N) is 1. The highest BCUT2D eigenvalue weighted by Crippen LogP contribution is 2.53. The number of methoxy groups -OCH3 is 1. The van der Waals surface area contributed by atoms with Crippen LogP contribution in [0.2, 0.25) is 0 Å². The van der Waals surface area contributed by atoms with Crippen molar-refractivity contribution in [3.63, 3.8) is 0 Å². The van der Waals surface area contributed by atoms with Gasteiger partial charge in [-0.3, -0.25) is 4.79 Å². The Morgan fingerprint density at radius 3 is 2.73 bits per heavy atom. The molecule has 1 atom stereocenters. The van der Waals surface area contributed by atoms with Gasteiger partial charge in [0.2, 0.25) is 11.8 Å². The minimum Gasteiger partial charge on any atom is -0.497 e. The Hall–Kier alpha value is -2.57. The molecule has 2 aromatic rings. The maximum absolute atomic E-state index is 12.7. The first-order chi connectivity index (χ1) is 12.6. The van der Waals surface area contributed by atoms with Gasteiger partial charge in [-0.05, 0) is 56.2 Å². The molecule has 1 saturated carbocycles. The van der Waals surface area contributed by atoms with Crippen molar-refractivity contribution < 1.29 is 13.9 Å². The Morgan fingerprint density at radius 2 is 2.04 bits per heavy atom. The SMILES string of the molecule is COc1cccc(-c2nnc(N[C@H](C)C(=O)N3CCC4(CC3)CC4)o2)c1. The topological polar surface area (TPSA) is 80.5 Å². The summed E-state index contributed by atoms with van der Waals surface area (Å²) < 4.78 is 10.9. The Bertz CT molecular complexity index is 790. The van der Waals surface area contributed by atoms with Gasteiger partial charge in [-0.2, -0.15) is 0 Å². The van der Waals surface area contributed by atoms with Gasteiger partial charge in [0, 0.05) is 18.7 Å². The van der Waals surface area contributed by atoms with Crippen LogP contribution in [0.1, 0.15) is 32.6 Å². The van der Waals surface area contributed by atoms with Crippen molar-refractivity contribution >= 4 is 11.9 Å². The predicted molar refractivity (Wildman–Crippen MR) is 96.9 cm³/mol. The van der Waals surface area contributed by atoms with Gasteiger partial charge < -0.3 is 19.4 Å². The molecule has 1 aliphatic carbocycles. The lowest BCUT2D eigenvalue weighted by Crippen LogP contribution is -2.45. The number of carbonyl (C=O) groups is 1. The van der Waals surface area contributed by atoms with Gasteiger partial charge in [0.15, 0.2) is 0 Å². The van der Waals surface area contributed by atoms with Gasteiger partial charge >= 0.3 is 6.01 Å². The smallest absolute Gasteiger partial charge is 0.316 e. The van der Waals surface area contributed by atoms with Crippen molar-refractivity contribution in [1.82, 2.24) is 15.1 Å². The number of likely N-dealkylation sites (tertiary alicyclic amines) is 1. The van der Waals surface area contributed by atoms with Gasteiger partial charge in [-0.25, -0.2) is 0 Å². The molecule has 0 unspecified atom stereocenters. The zero-order valence-corrected chi connectivity index (χ0v) is 15.2.